The Labute approximate surface area is 181 Å². The zero-order valence-electron chi connectivity index (χ0n) is 19.0. The van der Waals surface area contributed by atoms with Crippen molar-refractivity contribution >= 4 is 19.8 Å². The average molecular weight is 430 g/mol. The minimum Gasteiger partial charge on any atom is -0.417 e. The highest BCUT2D eigenvalue weighted by Crippen LogP contribution is 2.39. The van der Waals surface area contributed by atoms with Crippen LogP contribution in [-0.4, -0.2) is 68.5 Å². The van der Waals surface area contributed by atoms with Gasteiger partial charge >= 0.3 is 0 Å². The Bertz CT molecular complexity index is 807. The van der Waals surface area contributed by atoms with E-state index in [9.17, 15) is 0 Å². The van der Waals surface area contributed by atoms with Crippen LogP contribution in [0.15, 0.2) is 35.6 Å². The van der Waals surface area contributed by atoms with Crippen LogP contribution in [0.4, 0.5) is 5.69 Å². The first-order valence-electron chi connectivity index (χ1n) is 10.9. The molecule has 3 aliphatic heterocycles. The minimum atomic E-state index is -1.70. The lowest BCUT2D eigenvalue weighted by atomic mass is 9.78. The van der Waals surface area contributed by atoms with Gasteiger partial charge in [0, 0.05) is 25.9 Å². The van der Waals surface area contributed by atoms with E-state index in [-0.39, 0.29) is 5.04 Å². The molecule has 0 unspecified atom stereocenters. The molecule has 0 bridgehead atoms. The van der Waals surface area contributed by atoms with Crippen LogP contribution in [0.5, 0.6) is 0 Å². The van der Waals surface area contributed by atoms with Crippen molar-refractivity contribution in [3.8, 4) is 0 Å². The van der Waals surface area contributed by atoms with E-state index in [1.54, 1.807) is 6.33 Å². The summed E-state index contributed by atoms with van der Waals surface area (Å²) < 4.78 is 11.8. The zero-order valence-corrected chi connectivity index (χ0v) is 20.0. The molecule has 164 valence electrons. The number of nitrogens with zero attached hydrogens (tertiary/aromatic N) is 5. The van der Waals surface area contributed by atoms with Gasteiger partial charge in [-0.05, 0) is 31.0 Å². The van der Waals surface area contributed by atoms with Gasteiger partial charge in [-0.1, -0.05) is 20.8 Å². The van der Waals surface area contributed by atoms with Crippen molar-refractivity contribution in [2.75, 3.05) is 44.4 Å². The summed E-state index contributed by atoms with van der Waals surface area (Å²) >= 11 is 0. The number of amidine groups is 1. The Morgan fingerprint density at radius 2 is 1.87 bits per heavy atom. The van der Waals surface area contributed by atoms with E-state index >= 15 is 0 Å². The van der Waals surface area contributed by atoms with E-state index in [1.165, 1.54) is 0 Å². The molecule has 0 aromatic carbocycles. The van der Waals surface area contributed by atoms with Gasteiger partial charge in [-0.2, -0.15) is 0 Å². The van der Waals surface area contributed by atoms with E-state index in [4.69, 9.17) is 14.2 Å². The summed E-state index contributed by atoms with van der Waals surface area (Å²) in [6.07, 6.45) is 9.33. The van der Waals surface area contributed by atoms with E-state index in [1.807, 2.05) is 12.4 Å². The van der Waals surface area contributed by atoms with Crippen molar-refractivity contribution in [3.05, 3.63) is 30.6 Å². The molecule has 8 heteroatoms. The van der Waals surface area contributed by atoms with Gasteiger partial charge in [-0.3, -0.25) is 0 Å². The van der Waals surface area contributed by atoms with E-state index in [0.29, 0.717) is 5.41 Å². The Balaban J connectivity index is 1.40. The summed E-state index contributed by atoms with van der Waals surface area (Å²) in [6.45, 7) is 16.9. The standard InChI is InChI=1S/C22H35N5O2Si/c1-21(2,3)30(4,5)29-8-6-7-18-11-26(19-9-23-17-24-10-19)12-20(25-18)27-13-22(14-27)15-28-16-22/h9-11,17H,6-8,12-16H2,1-5H3. The molecule has 2 saturated heterocycles. The molecule has 0 atom stereocenters. The van der Waals surface area contributed by atoms with Crippen LogP contribution < -0.4 is 4.90 Å². The summed E-state index contributed by atoms with van der Waals surface area (Å²) in [5, 5.41) is 0.241. The van der Waals surface area contributed by atoms with Crippen molar-refractivity contribution in [2.24, 2.45) is 10.4 Å². The third-order valence-corrected chi connectivity index (χ3v) is 11.4. The van der Waals surface area contributed by atoms with Gasteiger partial charge in [0.05, 0.1) is 49.0 Å². The number of aromatic nitrogens is 2. The maximum Gasteiger partial charge on any atom is 0.191 e. The Morgan fingerprint density at radius 3 is 2.47 bits per heavy atom. The Hall–Kier alpha value is -1.77. The molecule has 30 heavy (non-hydrogen) atoms. The van der Waals surface area contributed by atoms with E-state index < -0.39 is 8.32 Å². The maximum absolute atomic E-state index is 6.36. The molecule has 2 fully saturated rings. The second-order valence-electron chi connectivity index (χ2n) is 10.4. The van der Waals surface area contributed by atoms with E-state index in [0.717, 1.165) is 69.5 Å². The monoisotopic (exact) mass is 429 g/mol. The number of hydrogen-bond acceptors (Lipinski definition) is 7. The third kappa shape index (κ3) is 4.45. The average Bonchev–Trinajstić information content (AvgIpc) is 2.63. The van der Waals surface area contributed by atoms with Crippen LogP contribution in [-0.2, 0) is 9.16 Å². The Morgan fingerprint density at radius 1 is 1.17 bits per heavy atom. The lowest BCUT2D eigenvalue weighted by Crippen LogP contribution is -2.68. The fraction of sp³-hybridized carbons (Fsp3) is 0.682. The predicted octanol–water partition coefficient (Wildman–Crippen LogP) is 3.67. The normalized spacial score (nSPS) is 21.1. The van der Waals surface area contributed by atoms with Gasteiger partial charge in [-0.15, -0.1) is 0 Å². The number of hydrogen-bond donors (Lipinski definition) is 0. The number of allylic oxidation sites excluding steroid dienone is 1. The van der Waals surface area contributed by atoms with Crippen molar-refractivity contribution in [1.29, 1.82) is 0 Å². The quantitative estimate of drug-likeness (QED) is 0.508. The molecular weight excluding hydrogens is 394 g/mol. The maximum atomic E-state index is 6.36. The summed E-state index contributed by atoms with van der Waals surface area (Å²) in [4.78, 5) is 18.0. The minimum absolute atomic E-state index is 0.241. The fourth-order valence-corrected chi connectivity index (χ4v) is 4.91. The Kier molecular flexibility index (Phi) is 5.76. The molecule has 7 nitrogen and oxygen atoms in total. The van der Waals surface area contributed by atoms with Gasteiger partial charge in [0.25, 0.3) is 0 Å². The zero-order chi connectivity index (χ0) is 21.4. The molecule has 0 aliphatic carbocycles. The predicted molar refractivity (Wildman–Crippen MR) is 122 cm³/mol. The van der Waals surface area contributed by atoms with Gasteiger partial charge in [0.2, 0.25) is 0 Å². The number of likely N-dealkylation sites (tertiary alicyclic amines) is 1. The van der Waals surface area contributed by atoms with Gasteiger partial charge < -0.3 is 19.0 Å². The number of aliphatic imine (C=N–C) groups is 1. The van der Waals surface area contributed by atoms with Crippen LogP contribution in [0.2, 0.25) is 18.1 Å². The highest BCUT2D eigenvalue weighted by atomic mass is 28.4. The van der Waals surface area contributed by atoms with Crippen LogP contribution >= 0.6 is 0 Å². The number of rotatable bonds is 6. The SMILES string of the molecule is CC(C)(C)[Si](C)(C)OCCCC1=CN(c2cncnc2)CC(N2CC3(COC3)C2)=N1. The highest BCUT2D eigenvalue weighted by Gasteiger charge is 2.50. The fourth-order valence-electron chi connectivity index (χ4n) is 3.82. The first-order valence-corrected chi connectivity index (χ1v) is 13.8. The summed E-state index contributed by atoms with van der Waals surface area (Å²) in [5.41, 5.74) is 2.48. The van der Waals surface area contributed by atoms with Gasteiger partial charge in [-0.25, -0.2) is 15.0 Å². The lowest BCUT2D eigenvalue weighted by Gasteiger charge is -2.56. The summed E-state index contributed by atoms with van der Waals surface area (Å²) in [7, 11) is -1.70. The largest absolute Gasteiger partial charge is 0.417 e. The van der Waals surface area contributed by atoms with Crippen molar-refractivity contribution in [3.63, 3.8) is 0 Å². The van der Waals surface area contributed by atoms with Crippen LogP contribution in [0.1, 0.15) is 33.6 Å². The second kappa shape index (κ2) is 8.05. The molecule has 4 heterocycles. The first kappa shape index (κ1) is 21.5. The first-order chi connectivity index (χ1) is 14.2. The molecule has 0 N–H and O–H groups in total. The molecule has 1 aromatic heterocycles. The molecule has 0 radical (unpaired) electrons. The summed E-state index contributed by atoms with van der Waals surface area (Å²) in [5.74, 6) is 1.14. The molecule has 4 rings (SSSR count). The van der Waals surface area contributed by atoms with Crippen LogP contribution in [0.25, 0.3) is 0 Å². The number of anilines is 1. The second-order valence-corrected chi connectivity index (χ2v) is 15.2. The molecular formula is C22H35N5O2Si. The lowest BCUT2D eigenvalue weighted by molar-refractivity contribution is -0.171. The van der Waals surface area contributed by atoms with Crippen molar-refractivity contribution in [2.45, 2.75) is 51.7 Å². The highest BCUT2D eigenvalue weighted by molar-refractivity contribution is 6.74. The molecule has 1 spiro atoms. The molecule has 3 aliphatic rings. The smallest absolute Gasteiger partial charge is 0.191 e. The van der Waals surface area contributed by atoms with Gasteiger partial charge in [0.15, 0.2) is 8.32 Å². The molecule has 0 saturated carbocycles. The van der Waals surface area contributed by atoms with E-state index in [2.05, 4.69) is 59.8 Å². The summed E-state index contributed by atoms with van der Waals surface area (Å²) in [6, 6.07) is 0. The third-order valence-electron chi connectivity index (χ3n) is 6.85. The van der Waals surface area contributed by atoms with Gasteiger partial charge in [0.1, 0.15) is 12.2 Å². The molecule has 0 amide bonds. The van der Waals surface area contributed by atoms with Crippen LogP contribution in [0, 0.1) is 5.41 Å². The van der Waals surface area contributed by atoms with Crippen LogP contribution in [0.3, 0.4) is 0 Å². The van der Waals surface area contributed by atoms with Crippen molar-refractivity contribution < 1.29 is 9.16 Å². The van der Waals surface area contributed by atoms with Crippen molar-refractivity contribution in [1.82, 2.24) is 14.9 Å². The number of ether oxygens (including phenoxy) is 1. The topological polar surface area (TPSA) is 63.1 Å². The molecule has 1 aromatic rings.